The van der Waals surface area contributed by atoms with Crippen LogP contribution in [0, 0.1) is 0 Å². The average Bonchev–Trinajstić information content (AvgIpc) is 3.03. The molecule has 1 heterocycles. The van der Waals surface area contributed by atoms with Gasteiger partial charge < -0.3 is 9.73 Å². The first-order chi connectivity index (χ1) is 12.1. The van der Waals surface area contributed by atoms with Crippen molar-refractivity contribution in [3.8, 4) is 0 Å². The SMILES string of the molecule is CSCCNC(=O)CCc1nnc(C2(c3ccc(Cl)cc3)CCC2)o1. The van der Waals surface area contributed by atoms with E-state index in [2.05, 4.69) is 15.5 Å². The summed E-state index contributed by atoms with van der Waals surface area (Å²) in [4.78, 5) is 11.8. The van der Waals surface area contributed by atoms with Gasteiger partial charge in [-0.2, -0.15) is 11.8 Å². The van der Waals surface area contributed by atoms with E-state index in [0.717, 1.165) is 35.6 Å². The summed E-state index contributed by atoms with van der Waals surface area (Å²) < 4.78 is 5.91. The largest absolute Gasteiger partial charge is 0.424 e. The third kappa shape index (κ3) is 4.18. The number of carbonyl (C=O) groups is 1. The predicted molar refractivity (Wildman–Crippen MR) is 100 cm³/mol. The zero-order valence-corrected chi connectivity index (χ0v) is 15.8. The predicted octanol–water partition coefficient (Wildman–Crippen LogP) is 3.60. The number of thioether (sulfide) groups is 1. The van der Waals surface area contributed by atoms with Crippen LogP contribution in [0.1, 0.15) is 43.0 Å². The average molecular weight is 380 g/mol. The lowest BCUT2D eigenvalue weighted by Gasteiger charge is -2.39. The highest BCUT2D eigenvalue weighted by molar-refractivity contribution is 7.98. The molecule has 3 rings (SSSR count). The van der Waals surface area contributed by atoms with Gasteiger partial charge in [-0.05, 0) is 36.8 Å². The summed E-state index contributed by atoms with van der Waals surface area (Å²) in [6.45, 7) is 0.689. The fourth-order valence-corrected chi connectivity index (χ4v) is 3.51. The van der Waals surface area contributed by atoms with Crippen LogP contribution in [0.2, 0.25) is 5.02 Å². The molecule has 1 saturated carbocycles. The van der Waals surface area contributed by atoms with Crippen molar-refractivity contribution in [1.82, 2.24) is 15.5 Å². The van der Waals surface area contributed by atoms with E-state index in [9.17, 15) is 4.79 Å². The van der Waals surface area contributed by atoms with Crippen molar-refractivity contribution in [3.63, 3.8) is 0 Å². The van der Waals surface area contributed by atoms with Crippen molar-refractivity contribution >= 4 is 29.3 Å². The number of carbonyl (C=O) groups excluding carboxylic acids is 1. The van der Waals surface area contributed by atoms with Crippen molar-refractivity contribution in [2.24, 2.45) is 0 Å². The third-order valence-corrected chi connectivity index (χ3v) is 5.54. The summed E-state index contributed by atoms with van der Waals surface area (Å²) in [7, 11) is 0. The van der Waals surface area contributed by atoms with Gasteiger partial charge >= 0.3 is 0 Å². The Hall–Kier alpha value is -1.53. The van der Waals surface area contributed by atoms with Gasteiger partial charge in [-0.15, -0.1) is 10.2 Å². The Morgan fingerprint density at radius 2 is 2.08 bits per heavy atom. The van der Waals surface area contributed by atoms with Crippen LogP contribution in [-0.2, 0) is 16.6 Å². The number of hydrogen-bond acceptors (Lipinski definition) is 5. The highest BCUT2D eigenvalue weighted by Crippen LogP contribution is 2.48. The summed E-state index contributed by atoms with van der Waals surface area (Å²) in [5, 5.41) is 12.0. The summed E-state index contributed by atoms with van der Waals surface area (Å²) in [6.07, 6.45) is 5.97. The Kier molecular flexibility index (Phi) is 6.02. The Morgan fingerprint density at radius 1 is 1.32 bits per heavy atom. The molecular weight excluding hydrogens is 358 g/mol. The van der Waals surface area contributed by atoms with Crippen molar-refractivity contribution in [2.75, 3.05) is 18.6 Å². The van der Waals surface area contributed by atoms with Crippen LogP contribution >= 0.6 is 23.4 Å². The Bertz CT molecular complexity index is 713. The number of nitrogens with zero attached hydrogens (tertiary/aromatic N) is 2. The van der Waals surface area contributed by atoms with Crippen molar-refractivity contribution < 1.29 is 9.21 Å². The number of aromatic nitrogens is 2. The minimum atomic E-state index is -0.198. The van der Waals surface area contributed by atoms with Crippen molar-refractivity contribution in [3.05, 3.63) is 46.6 Å². The molecule has 0 bridgehead atoms. The summed E-state index contributed by atoms with van der Waals surface area (Å²) >= 11 is 7.71. The molecular formula is C18H22ClN3O2S. The van der Waals surface area contributed by atoms with Gasteiger partial charge in [0.25, 0.3) is 0 Å². The molecule has 1 amide bonds. The van der Waals surface area contributed by atoms with Gasteiger partial charge in [0, 0.05) is 30.2 Å². The van der Waals surface area contributed by atoms with E-state index in [1.807, 2.05) is 30.5 Å². The minimum Gasteiger partial charge on any atom is -0.424 e. The van der Waals surface area contributed by atoms with Crippen molar-refractivity contribution in [2.45, 2.75) is 37.5 Å². The maximum atomic E-state index is 11.8. The molecule has 1 aromatic heterocycles. The Morgan fingerprint density at radius 3 is 2.72 bits per heavy atom. The lowest BCUT2D eigenvalue weighted by atomic mass is 9.64. The standard InChI is InChI=1S/C18H22ClN3O2S/c1-25-12-11-20-15(23)7-8-16-21-22-17(24-16)18(9-2-10-18)13-3-5-14(19)6-4-13/h3-6H,2,7-12H2,1H3,(H,20,23). The highest BCUT2D eigenvalue weighted by atomic mass is 35.5. The van der Waals surface area contributed by atoms with Crippen molar-refractivity contribution in [1.29, 1.82) is 0 Å². The molecule has 5 nitrogen and oxygen atoms in total. The summed E-state index contributed by atoms with van der Waals surface area (Å²) in [5.41, 5.74) is 0.962. The lowest BCUT2D eigenvalue weighted by Crippen LogP contribution is -2.35. The number of benzene rings is 1. The summed E-state index contributed by atoms with van der Waals surface area (Å²) in [5.74, 6) is 2.11. The van der Waals surface area contributed by atoms with Gasteiger partial charge in [-0.25, -0.2) is 0 Å². The molecule has 0 unspecified atom stereocenters. The Balaban J connectivity index is 1.64. The number of aryl methyl sites for hydroxylation is 1. The van der Waals surface area contributed by atoms with Crippen LogP contribution < -0.4 is 5.32 Å². The first-order valence-electron chi connectivity index (χ1n) is 8.48. The topological polar surface area (TPSA) is 68.0 Å². The molecule has 1 aliphatic carbocycles. The number of halogens is 1. The lowest BCUT2D eigenvalue weighted by molar-refractivity contribution is -0.121. The van der Waals surface area contributed by atoms with Crippen LogP contribution in [-0.4, -0.2) is 34.7 Å². The fraction of sp³-hybridized carbons (Fsp3) is 0.500. The second-order valence-electron chi connectivity index (χ2n) is 6.29. The third-order valence-electron chi connectivity index (χ3n) is 4.67. The number of nitrogens with one attached hydrogen (secondary N) is 1. The normalized spacial score (nSPS) is 15.6. The molecule has 1 aliphatic rings. The van der Waals surface area contributed by atoms with E-state index in [1.54, 1.807) is 11.8 Å². The smallest absolute Gasteiger partial charge is 0.227 e. The van der Waals surface area contributed by atoms with Crippen LogP contribution in [0.25, 0.3) is 0 Å². The zero-order valence-electron chi connectivity index (χ0n) is 14.3. The van der Waals surface area contributed by atoms with E-state index < -0.39 is 0 Å². The molecule has 2 aromatic rings. The molecule has 0 aliphatic heterocycles. The minimum absolute atomic E-state index is 0.0184. The molecule has 134 valence electrons. The van der Waals surface area contributed by atoms with Crippen LogP contribution in [0.4, 0.5) is 0 Å². The first-order valence-corrected chi connectivity index (χ1v) is 10.3. The van der Waals surface area contributed by atoms with E-state index in [-0.39, 0.29) is 11.3 Å². The quantitative estimate of drug-likeness (QED) is 0.709. The maximum absolute atomic E-state index is 11.8. The molecule has 1 N–H and O–H groups in total. The van der Waals surface area contributed by atoms with Crippen LogP contribution in [0.5, 0.6) is 0 Å². The molecule has 0 spiro atoms. The van der Waals surface area contributed by atoms with E-state index in [0.29, 0.717) is 31.2 Å². The monoisotopic (exact) mass is 379 g/mol. The molecule has 1 fully saturated rings. The highest BCUT2D eigenvalue weighted by Gasteiger charge is 2.45. The van der Waals surface area contributed by atoms with Gasteiger partial charge in [-0.1, -0.05) is 30.2 Å². The fourth-order valence-electron chi connectivity index (χ4n) is 3.07. The maximum Gasteiger partial charge on any atom is 0.227 e. The van der Waals surface area contributed by atoms with Gasteiger partial charge in [-0.3, -0.25) is 4.79 Å². The van der Waals surface area contributed by atoms with E-state index >= 15 is 0 Å². The number of hydrogen-bond donors (Lipinski definition) is 1. The summed E-state index contributed by atoms with van der Waals surface area (Å²) in [6, 6.07) is 7.86. The molecule has 0 atom stereocenters. The van der Waals surface area contributed by atoms with Gasteiger partial charge in [0.05, 0.1) is 5.41 Å². The first kappa shape index (κ1) is 18.3. The molecule has 25 heavy (non-hydrogen) atoms. The molecule has 1 aromatic carbocycles. The van der Waals surface area contributed by atoms with E-state index in [1.165, 1.54) is 0 Å². The number of amides is 1. The van der Waals surface area contributed by atoms with E-state index in [4.69, 9.17) is 16.0 Å². The number of rotatable bonds is 8. The van der Waals surface area contributed by atoms with Crippen LogP contribution in [0.15, 0.2) is 28.7 Å². The molecule has 0 saturated heterocycles. The second-order valence-corrected chi connectivity index (χ2v) is 7.71. The molecule has 0 radical (unpaired) electrons. The molecule has 7 heteroatoms. The van der Waals surface area contributed by atoms with Gasteiger partial charge in [0.15, 0.2) is 0 Å². The zero-order chi connectivity index (χ0) is 17.7. The second kappa shape index (κ2) is 8.23. The Labute approximate surface area is 156 Å². The van der Waals surface area contributed by atoms with Crippen LogP contribution in [0.3, 0.4) is 0 Å². The van der Waals surface area contributed by atoms with Gasteiger partial charge in [0.2, 0.25) is 17.7 Å². The van der Waals surface area contributed by atoms with Gasteiger partial charge in [0.1, 0.15) is 0 Å².